The first-order valence-electron chi connectivity index (χ1n) is 9.24. The van der Waals surface area contributed by atoms with E-state index in [-0.39, 0.29) is 12.4 Å². The number of aliphatic hydroxyl groups excluding tert-OH is 1. The molecule has 1 fully saturated rings. The molecule has 0 amide bonds. The number of benzene rings is 1. The Balaban J connectivity index is 1.55. The van der Waals surface area contributed by atoms with Crippen LogP contribution in [0.1, 0.15) is 24.3 Å². The molecule has 1 aliphatic rings. The third-order valence-corrected chi connectivity index (χ3v) is 4.55. The van der Waals surface area contributed by atoms with E-state index in [0.717, 1.165) is 50.9 Å². The molecule has 1 aliphatic heterocycles. The predicted octanol–water partition coefficient (Wildman–Crippen LogP) is 1.63. The molecule has 146 valence electrons. The molecule has 1 saturated heterocycles. The van der Waals surface area contributed by atoms with Gasteiger partial charge in [0.15, 0.2) is 5.96 Å². The number of piperazine rings is 1. The van der Waals surface area contributed by atoms with Gasteiger partial charge in [-0.3, -0.25) is 9.89 Å². The lowest BCUT2D eigenvalue weighted by Crippen LogP contribution is -2.52. The third-order valence-electron chi connectivity index (χ3n) is 4.55. The summed E-state index contributed by atoms with van der Waals surface area (Å²) in [6, 6.07) is 7.76. The van der Waals surface area contributed by atoms with Gasteiger partial charge in [-0.05, 0) is 24.6 Å². The van der Waals surface area contributed by atoms with E-state index in [9.17, 15) is 9.50 Å². The van der Waals surface area contributed by atoms with Gasteiger partial charge in [-0.2, -0.15) is 0 Å². The molecule has 2 aromatic rings. The Hall–Kier alpha value is -2.45. The predicted molar refractivity (Wildman–Crippen MR) is 101 cm³/mol. The Morgan fingerprint density at radius 3 is 2.63 bits per heavy atom. The third kappa shape index (κ3) is 5.51. The van der Waals surface area contributed by atoms with Crippen LogP contribution >= 0.6 is 0 Å². The molecule has 27 heavy (non-hydrogen) atoms. The van der Waals surface area contributed by atoms with Crippen LogP contribution in [-0.4, -0.2) is 65.3 Å². The van der Waals surface area contributed by atoms with Crippen molar-refractivity contribution in [1.29, 1.82) is 0 Å². The van der Waals surface area contributed by atoms with Gasteiger partial charge in [-0.25, -0.2) is 4.39 Å². The van der Waals surface area contributed by atoms with Crippen LogP contribution < -0.4 is 5.32 Å². The maximum atomic E-state index is 13.0. The van der Waals surface area contributed by atoms with Gasteiger partial charge in [0.05, 0.1) is 18.3 Å². The minimum Gasteiger partial charge on any atom is -0.386 e. The zero-order valence-corrected chi connectivity index (χ0v) is 15.5. The summed E-state index contributed by atoms with van der Waals surface area (Å²) in [6.07, 6.45) is 0.834. The number of aliphatic imine (C=N–C) groups is 1. The Kier molecular flexibility index (Phi) is 6.78. The summed E-state index contributed by atoms with van der Waals surface area (Å²) in [6.45, 7) is 7.27. The van der Waals surface area contributed by atoms with E-state index >= 15 is 0 Å². The summed E-state index contributed by atoms with van der Waals surface area (Å²) in [4.78, 5) is 9.10. The quantitative estimate of drug-likeness (QED) is 0.590. The van der Waals surface area contributed by atoms with E-state index in [2.05, 4.69) is 25.3 Å². The first-order valence-corrected chi connectivity index (χ1v) is 9.24. The Bertz CT molecular complexity index is 712. The van der Waals surface area contributed by atoms with Crippen molar-refractivity contribution in [2.45, 2.75) is 19.6 Å². The highest BCUT2D eigenvalue weighted by Crippen LogP contribution is 2.14. The largest absolute Gasteiger partial charge is 0.386 e. The molecule has 0 aliphatic carbocycles. The summed E-state index contributed by atoms with van der Waals surface area (Å²) in [5.41, 5.74) is 1.60. The summed E-state index contributed by atoms with van der Waals surface area (Å²) in [5, 5.41) is 17.6. The monoisotopic (exact) mass is 375 g/mol. The Labute approximate surface area is 158 Å². The lowest BCUT2D eigenvalue weighted by molar-refractivity contribution is 0.166. The molecular weight excluding hydrogens is 349 g/mol. The average Bonchev–Trinajstić information content (AvgIpc) is 3.19. The fraction of sp³-hybridized carbons (Fsp3) is 0.474. The van der Waals surface area contributed by atoms with Crippen LogP contribution in [0.15, 0.2) is 46.1 Å². The SMILES string of the molecule is CCNC(=NCC(O)c1ccc(F)cc1)N1CCN(Cc2ccon2)CC1. The number of hydrogen-bond acceptors (Lipinski definition) is 5. The fourth-order valence-corrected chi connectivity index (χ4v) is 3.06. The molecule has 3 rings (SSSR count). The minimum absolute atomic E-state index is 0.229. The van der Waals surface area contributed by atoms with Gasteiger partial charge in [-0.15, -0.1) is 0 Å². The van der Waals surface area contributed by atoms with Crippen LogP contribution in [0.4, 0.5) is 4.39 Å². The van der Waals surface area contributed by atoms with Gasteiger partial charge in [0.1, 0.15) is 12.1 Å². The van der Waals surface area contributed by atoms with Crippen molar-refractivity contribution < 1.29 is 14.0 Å². The normalized spacial score (nSPS) is 17.1. The van der Waals surface area contributed by atoms with Gasteiger partial charge < -0.3 is 19.8 Å². The topological polar surface area (TPSA) is 77.1 Å². The van der Waals surface area contributed by atoms with Crippen molar-refractivity contribution in [2.75, 3.05) is 39.3 Å². The molecule has 0 spiro atoms. The first kappa shape index (κ1) is 19.3. The van der Waals surface area contributed by atoms with Crippen LogP contribution in [0.5, 0.6) is 0 Å². The molecule has 0 bridgehead atoms. The van der Waals surface area contributed by atoms with Gasteiger partial charge in [0.2, 0.25) is 0 Å². The molecule has 2 N–H and O–H groups in total. The van der Waals surface area contributed by atoms with Gasteiger partial charge in [0.25, 0.3) is 0 Å². The lowest BCUT2D eigenvalue weighted by atomic mass is 10.1. The van der Waals surface area contributed by atoms with Gasteiger partial charge in [0, 0.05) is 45.3 Å². The van der Waals surface area contributed by atoms with Gasteiger partial charge >= 0.3 is 0 Å². The van der Waals surface area contributed by atoms with Crippen LogP contribution in [0.2, 0.25) is 0 Å². The van der Waals surface area contributed by atoms with Crippen molar-refractivity contribution >= 4 is 5.96 Å². The second-order valence-corrected chi connectivity index (χ2v) is 6.52. The number of aliphatic hydroxyl groups is 1. The zero-order chi connectivity index (χ0) is 19.1. The first-order chi connectivity index (χ1) is 13.2. The number of halogens is 1. The smallest absolute Gasteiger partial charge is 0.194 e. The molecule has 1 aromatic carbocycles. The second-order valence-electron chi connectivity index (χ2n) is 6.52. The number of hydrogen-bond donors (Lipinski definition) is 2. The highest BCUT2D eigenvalue weighted by molar-refractivity contribution is 5.80. The van der Waals surface area contributed by atoms with E-state index in [1.165, 1.54) is 12.1 Å². The standard InChI is InChI=1S/C19H26FN5O2/c1-2-21-19(22-13-18(26)15-3-5-16(20)6-4-15)25-10-8-24(9-11-25)14-17-7-12-27-23-17/h3-7,12,18,26H,2,8-11,13-14H2,1H3,(H,21,22). The summed E-state index contributed by atoms with van der Waals surface area (Å²) in [5.74, 6) is 0.478. The molecule has 2 heterocycles. The van der Waals surface area contributed by atoms with Crippen LogP contribution in [0.25, 0.3) is 0 Å². The van der Waals surface area contributed by atoms with E-state index in [0.29, 0.717) is 5.56 Å². The van der Waals surface area contributed by atoms with Crippen molar-refractivity contribution in [3.8, 4) is 0 Å². The molecule has 0 saturated carbocycles. The fourth-order valence-electron chi connectivity index (χ4n) is 3.06. The molecule has 1 atom stereocenters. The van der Waals surface area contributed by atoms with Crippen molar-refractivity contribution in [3.63, 3.8) is 0 Å². The highest BCUT2D eigenvalue weighted by Gasteiger charge is 2.20. The van der Waals surface area contributed by atoms with Crippen molar-refractivity contribution in [2.24, 2.45) is 4.99 Å². The number of aromatic nitrogens is 1. The zero-order valence-electron chi connectivity index (χ0n) is 15.5. The Morgan fingerprint density at radius 2 is 2.00 bits per heavy atom. The van der Waals surface area contributed by atoms with Crippen molar-refractivity contribution in [3.05, 3.63) is 53.7 Å². The van der Waals surface area contributed by atoms with Crippen LogP contribution in [0.3, 0.4) is 0 Å². The molecule has 7 nitrogen and oxygen atoms in total. The molecule has 1 aromatic heterocycles. The van der Waals surface area contributed by atoms with E-state index < -0.39 is 6.10 Å². The molecule has 8 heteroatoms. The molecule has 0 radical (unpaired) electrons. The van der Waals surface area contributed by atoms with E-state index in [1.807, 2.05) is 13.0 Å². The highest BCUT2D eigenvalue weighted by atomic mass is 19.1. The maximum absolute atomic E-state index is 13.0. The second kappa shape index (κ2) is 9.48. The van der Waals surface area contributed by atoms with Crippen LogP contribution in [0, 0.1) is 5.82 Å². The summed E-state index contributed by atoms with van der Waals surface area (Å²) in [7, 11) is 0. The summed E-state index contributed by atoms with van der Waals surface area (Å²) < 4.78 is 17.9. The summed E-state index contributed by atoms with van der Waals surface area (Å²) >= 11 is 0. The average molecular weight is 375 g/mol. The number of rotatable bonds is 6. The molecule has 1 unspecified atom stereocenters. The number of guanidine groups is 1. The number of nitrogens with one attached hydrogen (secondary N) is 1. The number of nitrogens with zero attached hydrogens (tertiary/aromatic N) is 4. The van der Waals surface area contributed by atoms with Crippen LogP contribution in [-0.2, 0) is 6.54 Å². The molecular formula is C19H26FN5O2. The minimum atomic E-state index is -0.757. The van der Waals surface area contributed by atoms with Crippen molar-refractivity contribution in [1.82, 2.24) is 20.3 Å². The Morgan fingerprint density at radius 1 is 1.26 bits per heavy atom. The van der Waals surface area contributed by atoms with E-state index in [4.69, 9.17) is 4.52 Å². The maximum Gasteiger partial charge on any atom is 0.194 e. The van der Waals surface area contributed by atoms with E-state index in [1.54, 1.807) is 18.4 Å². The lowest BCUT2D eigenvalue weighted by Gasteiger charge is -2.36. The van der Waals surface area contributed by atoms with Gasteiger partial charge in [-0.1, -0.05) is 17.3 Å².